The Hall–Kier alpha value is -1.97. The number of fused-ring (bicyclic) bond motifs is 1. The molecule has 5 rings (SSSR count). The van der Waals surface area contributed by atoms with Crippen LogP contribution < -0.4 is 4.90 Å². The van der Waals surface area contributed by atoms with Crippen molar-refractivity contribution in [3.63, 3.8) is 0 Å². The van der Waals surface area contributed by atoms with Gasteiger partial charge in [0.25, 0.3) is 0 Å². The number of piperidine rings is 1. The van der Waals surface area contributed by atoms with Gasteiger partial charge in [0.15, 0.2) is 0 Å². The zero-order valence-corrected chi connectivity index (χ0v) is 21.8. The lowest BCUT2D eigenvalue weighted by molar-refractivity contribution is 0.172. The number of halogens is 3. The van der Waals surface area contributed by atoms with Crippen LogP contribution in [-0.4, -0.2) is 24.0 Å². The summed E-state index contributed by atoms with van der Waals surface area (Å²) in [5, 5.41) is 2.05. The number of hydrogen-bond donors (Lipinski definition) is 0. The van der Waals surface area contributed by atoms with Crippen LogP contribution >= 0.6 is 34.8 Å². The summed E-state index contributed by atoms with van der Waals surface area (Å²) in [5.41, 5.74) is 6.83. The summed E-state index contributed by atoms with van der Waals surface area (Å²) < 4.78 is 0. The highest BCUT2D eigenvalue weighted by Crippen LogP contribution is 2.46. The average Bonchev–Trinajstić information content (AvgIpc) is 2.84. The van der Waals surface area contributed by atoms with Crippen LogP contribution in [0.2, 0.25) is 15.1 Å². The molecule has 0 aromatic heterocycles. The molecule has 0 N–H and O–H groups in total. The first-order valence-corrected chi connectivity index (χ1v) is 13.1. The lowest BCUT2D eigenvalue weighted by Crippen LogP contribution is -2.37. The molecule has 0 amide bonds. The van der Waals surface area contributed by atoms with Gasteiger partial charge in [-0.3, -0.25) is 0 Å². The quantitative estimate of drug-likeness (QED) is 0.344. The lowest BCUT2D eigenvalue weighted by atomic mass is 9.84. The molecule has 3 aromatic rings. The van der Waals surface area contributed by atoms with Crippen LogP contribution in [0.1, 0.15) is 43.7 Å². The maximum Gasteiger partial charge on any atom is 0.0830 e. The highest BCUT2D eigenvalue weighted by atomic mass is 35.5. The molecular weight excluding hydrogens is 483 g/mol. The topological polar surface area (TPSA) is 6.48 Å². The van der Waals surface area contributed by atoms with E-state index in [0.29, 0.717) is 22.0 Å². The number of rotatable bonds is 4. The van der Waals surface area contributed by atoms with Crippen LogP contribution in [0.5, 0.6) is 0 Å². The van der Waals surface area contributed by atoms with Crippen molar-refractivity contribution in [2.24, 2.45) is 0 Å². The molecule has 0 unspecified atom stereocenters. The fourth-order valence-electron chi connectivity index (χ4n) is 5.28. The molecule has 0 atom stereocenters. The molecule has 0 saturated carbocycles. The minimum absolute atomic E-state index is 0.510. The van der Waals surface area contributed by atoms with Crippen molar-refractivity contribution in [1.29, 1.82) is 0 Å². The third-order valence-electron chi connectivity index (χ3n) is 7.16. The van der Waals surface area contributed by atoms with E-state index in [1.54, 1.807) is 0 Å². The van der Waals surface area contributed by atoms with Gasteiger partial charge in [-0.2, -0.15) is 0 Å². The van der Waals surface area contributed by atoms with Gasteiger partial charge in [-0.05, 0) is 93.1 Å². The largest absolute Gasteiger partial charge is 0.314 e. The number of likely N-dealkylation sites (tertiary alicyclic amines) is 1. The van der Waals surface area contributed by atoms with Gasteiger partial charge >= 0.3 is 0 Å². The van der Waals surface area contributed by atoms with E-state index in [2.05, 4.69) is 60.2 Å². The molecule has 2 nitrogen and oxygen atoms in total. The number of hydrogen-bond acceptors (Lipinski definition) is 2. The van der Waals surface area contributed by atoms with E-state index in [-0.39, 0.29) is 0 Å². The number of para-hydroxylation sites is 1. The van der Waals surface area contributed by atoms with Gasteiger partial charge < -0.3 is 9.80 Å². The fourth-order valence-corrected chi connectivity index (χ4v) is 6.10. The van der Waals surface area contributed by atoms with Crippen molar-refractivity contribution in [2.45, 2.75) is 45.1 Å². The molecule has 0 bridgehead atoms. The predicted octanol–water partition coefficient (Wildman–Crippen LogP) is 9.11. The molecule has 176 valence electrons. The second-order valence-electron chi connectivity index (χ2n) is 9.48. The average molecular weight is 512 g/mol. The van der Waals surface area contributed by atoms with Gasteiger partial charge in [-0.15, -0.1) is 0 Å². The molecule has 0 aliphatic carbocycles. The zero-order chi connectivity index (χ0) is 23.8. The summed E-state index contributed by atoms with van der Waals surface area (Å²) in [5.74, 6) is 0.510. The smallest absolute Gasteiger partial charge is 0.0830 e. The molecule has 1 saturated heterocycles. The van der Waals surface area contributed by atoms with E-state index in [0.717, 1.165) is 54.3 Å². The van der Waals surface area contributed by atoms with Crippen LogP contribution in [0.15, 0.2) is 66.9 Å². The first-order chi connectivity index (χ1) is 16.4. The first kappa shape index (κ1) is 23.8. The Bertz CT molecular complexity index is 1210. The maximum absolute atomic E-state index is 6.72. The SMILES string of the molecule is CC(C)N1CCC(c2cc(-c3ccccc3Cl)c3c(c2)N(c2c(Cl)cccc2Cl)C=CC3)CC1. The molecule has 2 heterocycles. The Labute approximate surface area is 217 Å². The van der Waals surface area contributed by atoms with E-state index in [9.17, 15) is 0 Å². The first-order valence-electron chi connectivity index (χ1n) is 12.0. The summed E-state index contributed by atoms with van der Waals surface area (Å²) in [4.78, 5) is 4.72. The van der Waals surface area contributed by atoms with Crippen LogP contribution in [-0.2, 0) is 6.42 Å². The summed E-state index contributed by atoms with van der Waals surface area (Å²) in [6, 6.07) is 19.1. The minimum Gasteiger partial charge on any atom is -0.314 e. The minimum atomic E-state index is 0.510. The Kier molecular flexibility index (Phi) is 6.95. The van der Waals surface area contributed by atoms with Crippen LogP contribution in [0.4, 0.5) is 11.4 Å². The van der Waals surface area contributed by atoms with E-state index in [1.165, 1.54) is 16.7 Å². The lowest BCUT2D eigenvalue weighted by Gasteiger charge is -2.36. The van der Waals surface area contributed by atoms with Gasteiger partial charge in [0, 0.05) is 22.8 Å². The number of anilines is 2. The van der Waals surface area contributed by atoms with Crippen molar-refractivity contribution >= 4 is 46.2 Å². The molecule has 0 spiro atoms. The molecular formula is C29H29Cl3N2. The molecule has 2 aliphatic heterocycles. The van der Waals surface area contributed by atoms with E-state index in [4.69, 9.17) is 34.8 Å². The van der Waals surface area contributed by atoms with Gasteiger partial charge in [0.05, 0.1) is 21.4 Å². The van der Waals surface area contributed by atoms with E-state index < -0.39 is 0 Å². The maximum atomic E-state index is 6.72. The highest BCUT2D eigenvalue weighted by molar-refractivity contribution is 6.39. The summed E-state index contributed by atoms with van der Waals surface area (Å²) >= 11 is 20.0. The summed E-state index contributed by atoms with van der Waals surface area (Å²) in [7, 11) is 0. The molecule has 34 heavy (non-hydrogen) atoms. The van der Waals surface area contributed by atoms with Gasteiger partial charge in [-0.25, -0.2) is 0 Å². The Morgan fingerprint density at radius 2 is 1.50 bits per heavy atom. The molecule has 1 fully saturated rings. The third kappa shape index (κ3) is 4.50. The molecule has 3 aromatic carbocycles. The zero-order valence-electron chi connectivity index (χ0n) is 19.6. The highest BCUT2D eigenvalue weighted by Gasteiger charge is 2.27. The van der Waals surface area contributed by atoms with E-state index in [1.807, 2.05) is 30.3 Å². The van der Waals surface area contributed by atoms with Crippen molar-refractivity contribution in [3.05, 3.63) is 93.1 Å². The van der Waals surface area contributed by atoms with Crippen LogP contribution in [0, 0.1) is 0 Å². The van der Waals surface area contributed by atoms with Crippen LogP contribution in [0.25, 0.3) is 11.1 Å². The number of benzene rings is 3. The summed E-state index contributed by atoms with van der Waals surface area (Å²) in [6.07, 6.45) is 7.41. The van der Waals surface area contributed by atoms with Crippen molar-refractivity contribution in [2.75, 3.05) is 18.0 Å². The normalized spacial score (nSPS) is 16.8. The van der Waals surface area contributed by atoms with Crippen LogP contribution in [0.3, 0.4) is 0 Å². The predicted molar refractivity (Wildman–Crippen MR) is 147 cm³/mol. The van der Waals surface area contributed by atoms with Gasteiger partial charge in [-0.1, -0.05) is 71.2 Å². The molecule has 2 aliphatic rings. The standard InChI is InChI=1S/C29H29Cl3N2/c1-19(2)33-15-12-20(13-16-33)21-17-24(22-7-3-4-9-25(22)30)23-8-6-14-34(28(23)18-21)29-26(31)10-5-11-27(29)32/h3-7,9-11,14,17-20H,8,12-13,15-16H2,1-2H3. The Morgan fingerprint density at radius 1 is 0.824 bits per heavy atom. The fraction of sp³-hybridized carbons (Fsp3) is 0.310. The molecule has 0 radical (unpaired) electrons. The van der Waals surface area contributed by atoms with Gasteiger partial charge in [0.1, 0.15) is 0 Å². The second kappa shape index (κ2) is 9.95. The monoisotopic (exact) mass is 510 g/mol. The Morgan fingerprint density at radius 3 is 2.18 bits per heavy atom. The summed E-state index contributed by atoms with van der Waals surface area (Å²) in [6.45, 7) is 6.82. The van der Waals surface area contributed by atoms with Gasteiger partial charge in [0.2, 0.25) is 0 Å². The van der Waals surface area contributed by atoms with Crippen molar-refractivity contribution in [3.8, 4) is 11.1 Å². The van der Waals surface area contributed by atoms with E-state index >= 15 is 0 Å². The molecule has 5 heteroatoms. The Balaban J connectivity index is 1.66. The van der Waals surface area contributed by atoms with Crippen molar-refractivity contribution < 1.29 is 0 Å². The number of allylic oxidation sites excluding steroid dienone is 1. The third-order valence-corrected chi connectivity index (χ3v) is 8.10. The van der Waals surface area contributed by atoms with Crippen molar-refractivity contribution in [1.82, 2.24) is 4.90 Å². The second-order valence-corrected chi connectivity index (χ2v) is 10.7. The number of nitrogens with zero attached hydrogens (tertiary/aromatic N) is 2.